The zero-order chi connectivity index (χ0) is 14.3. The first-order valence-corrected chi connectivity index (χ1v) is 6.39. The summed E-state index contributed by atoms with van der Waals surface area (Å²) in [7, 11) is 0. The molecule has 0 fully saturated rings. The minimum Gasteiger partial charge on any atom is -0.476 e. The molecule has 7 heteroatoms. The molecule has 2 aromatic heterocycles. The van der Waals surface area contributed by atoms with E-state index < -0.39 is 11.8 Å². The van der Waals surface area contributed by atoms with Crippen LogP contribution >= 0.6 is 15.9 Å². The van der Waals surface area contributed by atoms with Crippen molar-refractivity contribution in [2.24, 2.45) is 0 Å². The Balaban J connectivity index is 2.30. The van der Waals surface area contributed by atoms with E-state index in [1.165, 1.54) is 22.8 Å². The molecule has 0 aliphatic rings. The maximum atomic E-state index is 13.9. The fourth-order valence-corrected chi connectivity index (χ4v) is 2.26. The third-order valence-electron chi connectivity index (χ3n) is 2.78. The van der Waals surface area contributed by atoms with Gasteiger partial charge in [0, 0.05) is 22.3 Å². The summed E-state index contributed by atoms with van der Waals surface area (Å²) in [5.41, 5.74) is 0.952. The maximum Gasteiger partial charge on any atom is 0.356 e. The largest absolute Gasteiger partial charge is 0.476 e. The highest BCUT2D eigenvalue weighted by Gasteiger charge is 2.15. The van der Waals surface area contributed by atoms with Gasteiger partial charge < -0.3 is 5.11 Å². The van der Waals surface area contributed by atoms with Crippen LogP contribution in [0.2, 0.25) is 0 Å². The number of nitrogens with zero attached hydrogens (tertiary/aromatic N) is 3. The van der Waals surface area contributed by atoms with E-state index in [1.54, 1.807) is 18.2 Å². The van der Waals surface area contributed by atoms with Crippen LogP contribution in [0.4, 0.5) is 4.39 Å². The highest BCUT2D eigenvalue weighted by Crippen LogP contribution is 2.26. The molecule has 0 atom stereocenters. The Bertz CT molecular complexity index is 832. The topological polar surface area (TPSA) is 67.5 Å². The third-order valence-corrected chi connectivity index (χ3v) is 3.27. The second-order valence-electron chi connectivity index (χ2n) is 4.06. The van der Waals surface area contributed by atoms with E-state index in [1.807, 2.05) is 0 Å². The zero-order valence-corrected chi connectivity index (χ0v) is 11.5. The Kier molecular flexibility index (Phi) is 2.98. The fourth-order valence-electron chi connectivity index (χ4n) is 1.90. The van der Waals surface area contributed by atoms with Crippen molar-refractivity contribution >= 4 is 27.5 Å². The summed E-state index contributed by atoms with van der Waals surface area (Å²) in [5, 5.41) is 12.9. The minimum absolute atomic E-state index is 0.139. The number of halogens is 2. The summed E-state index contributed by atoms with van der Waals surface area (Å²) in [6, 6.07) is 7.43. The smallest absolute Gasteiger partial charge is 0.356 e. The van der Waals surface area contributed by atoms with Gasteiger partial charge in [0.2, 0.25) is 0 Å². The number of fused-ring (bicyclic) bond motifs is 1. The van der Waals surface area contributed by atoms with Crippen LogP contribution in [0.15, 0.2) is 41.0 Å². The molecular formula is C13H7BrFN3O2. The Morgan fingerprint density at radius 1 is 1.30 bits per heavy atom. The molecular weight excluding hydrogens is 329 g/mol. The van der Waals surface area contributed by atoms with E-state index in [0.29, 0.717) is 21.4 Å². The van der Waals surface area contributed by atoms with Crippen LogP contribution < -0.4 is 0 Å². The lowest BCUT2D eigenvalue weighted by Gasteiger charge is -2.06. The second-order valence-corrected chi connectivity index (χ2v) is 4.97. The lowest BCUT2D eigenvalue weighted by atomic mass is 10.1. The van der Waals surface area contributed by atoms with Gasteiger partial charge in [-0.25, -0.2) is 18.7 Å². The molecule has 0 aliphatic carbocycles. The lowest BCUT2D eigenvalue weighted by molar-refractivity contribution is 0.0690. The van der Waals surface area contributed by atoms with Crippen molar-refractivity contribution in [3.05, 3.63) is 52.5 Å². The zero-order valence-electron chi connectivity index (χ0n) is 9.92. The molecule has 0 bridgehead atoms. The summed E-state index contributed by atoms with van der Waals surface area (Å²) >= 11 is 3.28. The molecule has 0 unspecified atom stereocenters. The molecule has 1 aromatic carbocycles. The van der Waals surface area contributed by atoms with Gasteiger partial charge >= 0.3 is 5.97 Å². The van der Waals surface area contributed by atoms with Crippen molar-refractivity contribution in [1.29, 1.82) is 0 Å². The highest BCUT2D eigenvalue weighted by molar-refractivity contribution is 9.10. The molecule has 1 N–H and O–H groups in total. The first-order valence-electron chi connectivity index (χ1n) is 5.60. The Hall–Kier alpha value is -2.28. The molecule has 0 spiro atoms. The molecule has 3 aromatic rings. The second kappa shape index (κ2) is 4.68. The van der Waals surface area contributed by atoms with Crippen LogP contribution in [-0.2, 0) is 0 Å². The minimum atomic E-state index is -1.16. The normalized spacial score (nSPS) is 10.9. The standard InChI is InChI=1S/C13H7BrFN3O2/c14-7-1-2-9(15)8(5-7)11-3-4-16-12-6-10(13(19)20)17-18(11)12/h1-6H,(H,19,20). The first kappa shape index (κ1) is 12.7. The Morgan fingerprint density at radius 3 is 2.85 bits per heavy atom. The molecule has 2 heterocycles. The number of hydrogen-bond donors (Lipinski definition) is 1. The molecule has 0 radical (unpaired) electrons. The van der Waals surface area contributed by atoms with Crippen LogP contribution in [-0.4, -0.2) is 25.7 Å². The Labute approximate surface area is 120 Å². The van der Waals surface area contributed by atoms with Crippen molar-refractivity contribution in [1.82, 2.24) is 14.6 Å². The molecule has 0 aliphatic heterocycles. The number of rotatable bonds is 2. The van der Waals surface area contributed by atoms with Gasteiger partial charge in [-0.05, 0) is 24.3 Å². The van der Waals surface area contributed by atoms with Crippen molar-refractivity contribution in [3.8, 4) is 11.3 Å². The predicted octanol–water partition coefficient (Wildman–Crippen LogP) is 3.00. The summed E-state index contributed by atoms with van der Waals surface area (Å²) < 4.78 is 16.0. The van der Waals surface area contributed by atoms with E-state index in [4.69, 9.17) is 5.11 Å². The van der Waals surface area contributed by atoms with Gasteiger partial charge in [-0.3, -0.25) is 0 Å². The van der Waals surface area contributed by atoms with Gasteiger partial charge in [0.05, 0.1) is 5.69 Å². The SMILES string of the molecule is O=C(O)c1cc2nccc(-c3cc(Br)ccc3F)n2n1. The fraction of sp³-hybridized carbons (Fsp3) is 0. The van der Waals surface area contributed by atoms with Gasteiger partial charge in [0.25, 0.3) is 0 Å². The van der Waals surface area contributed by atoms with Crippen LogP contribution in [0, 0.1) is 5.82 Å². The highest BCUT2D eigenvalue weighted by atomic mass is 79.9. The van der Waals surface area contributed by atoms with Gasteiger partial charge in [-0.15, -0.1) is 0 Å². The monoisotopic (exact) mass is 335 g/mol. The predicted molar refractivity (Wildman–Crippen MR) is 73.0 cm³/mol. The van der Waals surface area contributed by atoms with Crippen molar-refractivity contribution in [2.45, 2.75) is 0 Å². The van der Waals surface area contributed by atoms with Crippen LogP contribution in [0.3, 0.4) is 0 Å². The van der Waals surface area contributed by atoms with E-state index in [2.05, 4.69) is 26.0 Å². The number of aromatic nitrogens is 3. The van der Waals surface area contributed by atoms with Gasteiger partial charge in [-0.1, -0.05) is 15.9 Å². The summed E-state index contributed by atoms with van der Waals surface area (Å²) in [4.78, 5) is 15.0. The van der Waals surface area contributed by atoms with E-state index in [0.717, 1.165) is 0 Å². The average molecular weight is 336 g/mol. The summed E-state index contributed by atoms with van der Waals surface area (Å²) in [6.45, 7) is 0. The molecule has 100 valence electrons. The molecule has 0 amide bonds. The van der Waals surface area contributed by atoms with Gasteiger partial charge in [0.1, 0.15) is 5.82 Å². The van der Waals surface area contributed by atoms with E-state index in [9.17, 15) is 9.18 Å². The summed E-state index contributed by atoms with van der Waals surface area (Å²) in [6.07, 6.45) is 1.48. The molecule has 20 heavy (non-hydrogen) atoms. The number of aromatic carboxylic acids is 1. The molecule has 0 saturated carbocycles. The van der Waals surface area contributed by atoms with Crippen LogP contribution in [0.1, 0.15) is 10.5 Å². The number of carbonyl (C=O) groups is 1. The first-order chi connectivity index (χ1) is 9.56. The van der Waals surface area contributed by atoms with Crippen LogP contribution in [0.25, 0.3) is 16.9 Å². The maximum absolute atomic E-state index is 13.9. The number of carboxylic acid groups (broad SMARTS) is 1. The number of carboxylic acids is 1. The number of hydrogen-bond acceptors (Lipinski definition) is 3. The van der Waals surface area contributed by atoms with E-state index >= 15 is 0 Å². The van der Waals surface area contributed by atoms with E-state index in [-0.39, 0.29) is 5.69 Å². The van der Waals surface area contributed by atoms with Crippen molar-refractivity contribution in [3.63, 3.8) is 0 Å². The average Bonchev–Trinajstić information content (AvgIpc) is 2.85. The lowest BCUT2D eigenvalue weighted by Crippen LogP contribution is -2.00. The van der Waals surface area contributed by atoms with Crippen molar-refractivity contribution in [2.75, 3.05) is 0 Å². The molecule has 5 nitrogen and oxygen atoms in total. The number of benzene rings is 1. The van der Waals surface area contributed by atoms with Crippen LogP contribution in [0.5, 0.6) is 0 Å². The van der Waals surface area contributed by atoms with Gasteiger partial charge in [-0.2, -0.15) is 5.10 Å². The molecule has 0 saturated heterocycles. The Morgan fingerprint density at radius 2 is 2.10 bits per heavy atom. The summed E-state index contributed by atoms with van der Waals surface area (Å²) in [5.74, 6) is -1.58. The third kappa shape index (κ3) is 2.05. The molecule has 3 rings (SSSR count). The van der Waals surface area contributed by atoms with Crippen molar-refractivity contribution < 1.29 is 14.3 Å². The quantitative estimate of drug-likeness (QED) is 0.781. The van der Waals surface area contributed by atoms with Gasteiger partial charge in [0.15, 0.2) is 11.3 Å².